The van der Waals surface area contributed by atoms with E-state index in [9.17, 15) is 8.78 Å². The molecule has 2 aromatic rings. The number of hydrogen-bond donors (Lipinski definition) is 0. The van der Waals surface area contributed by atoms with E-state index < -0.39 is 11.6 Å². The van der Waals surface area contributed by atoms with Gasteiger partial charge < -0.3 is 4.74 Å². The molecule has 0 spiro atoms. The van der Waals surface area contributed by atoms with Crippen LogP contribution in [0.4, 0.5) is 8.78 Å². The Balaban J connectivity index is 2.15. The molecule has 20 heavy (non-hydrogen) atoms. The Morgan fingerprint density at radius 1 is 1.20 bits per heavy atom. The van der Waals surface area contributed by atoms with E-state index in [1.807, 2.05) is 6.07 Å². The van der Waals surface area contributed by atoms with Gasteiger partial charge in [-0.25, -0.2) is 8.78 Å². The smallest absolute Gasteiger partial charge is 0.136 e. The summed E-state index contributed by atoms with van der Waals surface area (Å²) in [5.74, 6) is 0.0175. The van der Waals surface area contributed by atoms with E-state index in [1.165, 1.54) is 18.9 Å². The maximum atomic E-state index is 13.5. The summed E-state index contributed by atoms with van der Waals surface area (Å²) >= 11 is 1.18. The number of nitriles is 1. The van der Waals surface area contributed by atoms with Crippen molar-refractivity contribution in [3.8, 4) is 11.8 Å². The van der Waals surface area contributed by atoms with Crippen LogP contribution < -0.4 is 4.74 Å². The van der Waals surface area contributed by atoms with Crippen molar-refractivity contribution >= 4 is 11.8 Å². The van der Waals surface area contributed by atoms with Crippen LogP contribution in [0.3, 0.4) is 0 Å². The standard InChI is InChI=1S/C15H11F2NOS/c1-19-14-5-2-10(6-11(14)8-18)9-20-15-7-12(16)3-4-13(15)17/h2-7H,9H2,1H3. The third-order valence-corrected chi connectivity index (χ3v) is 3.77. The average molecular weight is 291 g/mol. The molecule has 0 N–H and O–H groups in total. The molecule has 0 saturated carbocycles. The normalized spacial score (nSPS) is 10.1. The number of methoxy groups -OCH3 is 1. The molecule has 0 bridgehead atoms. The highest BCUT2D eigenvalue weighted by Crippen LogP contribution is 2.28. The van der Waals surface area contributed by atoms with Crippen molar-refractivity contribution in [1.29, 1.82) is 5.26 Å². The minimum absolute atomic E-state index is 0.249. The molecule has 0 amide bonds. The van der Waals surface area contributed by atoms with Gasteiger partial charge >= 0.3 is 0 Å². The SMILES string of the molecule is COc1ccc(CSc2cc(F)ccc2F)cc1C#N. The van der Waals surface area contributed by atoms with E-state index in [2.05, 4.69) is 0 Å². The van der Waals surface area contributed by atoms with Crippen molar-refractivity contribution in [2.75, 3.05) is 7.11 Å². The highest BCUT2D eigenvalue weighted by atomic mass is 32.2. The molecule has 102 valence electrons. The Kier molecular flexibility index (Phi) is 4.59. The van der Waals surface area contributed by atoms with Gasteiger partial charge in [-0.05, 0) is 35.9 Å². The van der Waals surface area contributed by atoms with E-state index in [0.29, 0.717) is 17.1 Å². The molecular formula is C15H11F2NOS. The largest absolute Gasteiger partial charge is 0.495 e. The minimum atomic E-state index is -0.471. The highest BCUT2D eigenvalue weighted by Gasteiger charge is 2.07. The Bertz CT molecular complexity index is 667. The van der Waals surface area contributed by atoms with Crippen molar-refractivity contribution in [2.45, 2.75) is 10.6 Å². The first-order valence-corrected chi connectivity index (χ1v) is 6.77. The van der Waals surface area contributed by atoms with Crippen LogP contribution in [0, 0.1) is 23.0 Å². The zero-order chi connectivity index (χ0) is 14.5. The van der Waals surface area contributed by atoms with E-state index >= 15 is 0 Å². The first kappa shape index (κ1) is 14.4. The van der Waals surface area contributed by atoms with Gasteiger partial charge in [0.15, 0.2) is 0 Å². The monoisotopic (exact) mass is 291 g/mol. The van der Waals surface area contributed by atoms with Crippen molar-refractivity contribution < 1.29 is 13.5 Å². The van der Waals surface area contributed by atoms with Crippen LogP contribution >= 0.6 is 11.8 Å². The molecule has 0 aromatic heterocycles. The van der Waals surface area contributed by atoms with Gasteiger partial charge in [-0.1, -0.05) is 6.07 Å². The Labute approximate surface area is 120 Å². The lowest BCUT2D eigenvalue weighted by Crippen LogP contribution is -1.91. The second kappa shape index (κ2) is 6.40. The van der Waals surface area contributed by atoms with Gasteiger partial charge in [0.1, 0.15) is 23.5 Å². The molecule has 2 nitrogen and oxygen atoms in total. The van der Waals surface area contributed by atoms with Gasteiger partial charge in [0.05, 0.1) is 12.7 Å². The third kappa shape index (κ3) is 3.28. The van der Waals surface area contributed by atoms with Crippen LogP contribution in [0.25, 0.3) is 0 Å². The van der Waals surface area contributed by atoms with Crippen molar-refractivity contribution in [2.24, 2.45) is 0 Å². The zero-order valence-corrected chi connectivity index (χ0v) is 11.5. The lowest BCUT2D eigenvalue weighted by molar-refractivity contribution is 0.413. The summed E-state index contributed by atoms with van der Waals surface area (Å²) in [4.78, 5) is 0.249. The fourth-order valence-corrected chi connectivity index (χ4v) is 2.58. The van der Waals surface area contributed by atoms with Crippen LogP contribution in [-0.4, -0.2) is 7.11 Å². The van der Waals surface area contributed by atoms with Gasteiger partial charge in [-0.3, -0.25) is 0 Å². The minimum Gasteiger partial charge on any atom is -0.495 e. The predicted octanol–water partition coefficient (Wildman–Crippen LogP) is 4.14. The fraction of sp³-hybridized carbons (Fsp3) is 0.133. The van der Waals surface area contributed by atoms with E-state index in [4.69, 9.17) is 10.00 Å². The molecule has 0 radical (unpaired) electrons. The predicted molar refractivity (Wildman–Crippen MR) is 73.6 cm³/mol. The number of halogens is 2. The summed E-state index contributed by atoms with van der Waals surface area (Å²) in [6.07, 6.45) is 0. The van der Waals surface area contributed by atoms with Crippen molar-refractivity contribution in [1.82, 2.24) is 0 Å². The van der Waals surface area contributed by atoms with Crippen molar-refractivity contribution in [3.05, 3.63) is 59.2 Å². The van der Waals surface area contributed by atoms with Gasteiger partial charge in [0, 0.05) is 10.6 Å². The molecule has 0 atom stereocenters. The first-order chi connectivity index (χ1) is 9.63. The lowest BCUT2D eigenvalue weighted by atomic mass is 10.1. The summed E-state index contributed by atoms with van der Waals surface area (Å²) in [5, 5.41) is 8.99. The topological polar surface area (TPSA) is 33.0 Å². The Hall–Kier alpha value is -2.06. The summed E-state index contributed by atoms with van der Waals surface area (Å²) < 4.78 is 31.6. The third-order valence-electron chi connectivity index (χ3n) is 2.67. The van der Waals surface area contributed by atoms with Crippen LogP contribution in [0.2, 0.25) is 0 Å². The van der Waals surface area contributed by atoms with Gasteiger partial charge in [-0.15, -0.1) is 11.8 Å². The highest BCUT2D eigenvalue weighted by molar-refractivity contribution is 7.98. The van der Waals surface area contributed by atoms with Gasteiger partial charge in [0.25, 0.3) is 0 Å². The number of nitrogens with zero attached hydrogens (tertiary/aromatic N) is 1. The number of ether oxygens (including phenoxy) is 1. The summed E-state index contributed by atoms with van der Waals surface area (Å²) in [6, 6.07) is 10.6. The molecular weight excluding hydrogens is 280 g/mol. The summed E-state index contributed by atoms with van der Waals surface area (Å²) in [7, 11) is 1.49. The van der Waals surface area contributed by atoms with E-state index in [0.717, 1.165) is 23.8 Å². The molecule has 0 saturated heterocycles. The number of rotatable bonds is 4. The van der Waals surface area contributed by atoms with Crippen LogP contribution in [0.5, 0.6) is 5.75 Å². The van der Waals surface area contributed by atoms with E-state index in [1.54, 1.807) is 18.2 Å². The molecule has 5 heteroatoms. The van der Waals surface area contributed by atoms with Crippen LogP contribution in [0.15, 0.2) is 41.3 Å². The van der Waals surface area contributed by atoms with Crippen LogP contribution in [0.1, 0.15) is 11.1 Å². The van der Waals surface area contributed by atoms with Gasteiger partial charge in [-0.2, -0.15) is 5.26 Å². The Morgan fingerprint density at radius 2 is 2.00 bits per heavy atom. The first-order valence-electron chi connectivity index (χ1n) is 5.79. The number of hydrogen-bond acceptors (Lipinski definition) is 3. The lowest BCUT2D eigenvalue weighted by Gasteiger charge is -2.06. The molecule has 0 aliphatic heterocycles. The van der Waals surface area contributed by atoms with Crippen LogP contribution in [-0.2, 0) is 5.75 Å². The van der Waals surface area contributed by atoms with E-state index in [-0.39, 0.29) is 4.90 Å². The summed E-state index contributed by atoms with van der Waals surface area (Å²) in [6.45, 7) is 0. The van der Waals surface area contributed by atoms with Crippen molar-refractivity contribution in [3.63, 3.8) is 0 Å². The molecule has 2 rings (SSSR count). The van der Waals surface area contributed by atoms with Gasteiger partial charge in [0.2, 0.25) is 0 Å². The second-order valence-electron chi connectivity index (χ2n) is 4.01. The average Bonchev–Trinajstić information content (AvgIpc) is 2.47. The number of thioether (sulfide) groups is 1. The quantitative estimate of drug-likeness (QED) is 0.794. The molecule has 2 aromatic carbocycles. The molecule has 0 aliphatic carbocycles. The summed E-state index contributed by atoms with van der Waals surface area (Å²) in [5.41, 5.74) is 1.27. The molecule has 0 unspecified atom stereocenters. The number of benzene rings is 2. The maximum absolute atomic E-state index is 13.5. The Morgan fingerprint density at radius 3 is 2.70 bits per heavy atom. The molecule has 0 heterocycles. The second-order valence-corrected chi connectivity index (χ2v) is 5.03. The maximum Gasteiger partial charge on any atom is 0.136 e. The zero-order valence-electron chi connectivity index (χ0n) is 10.7. The molecule has 0 aliphatic rings. The fourth-order valence-electron chi connectivity index (χ4n) is 1.68. The molecule has 0 fully saturated rings.